The fourth-order valence-corrected chi connectivity index (χ4v) is 57.3. The molecule has 4 nitrogen and oxygen atoms in total. The second-order valence-electron chi connectivity index (χ2n) is 39.5. The summed E-state index contributed by atoms with van der Waals surface area (Å²) in [5.74, 6) is -0.169. The van der Waals surface area contributed by atoms with E-state index in [2.05, 4.69) is 81.4 Å². The fraction of sp³-hybridized carbons (Fsp3) is 0.833. The molecule has 0 spiro atoms. The standard InChI is InChI=1S/C84H134F2N4S2.6C4H9.2Sn/c1-5-9-13-17-21-25-29-33-37-41-45-49-53-57-65-83(66-58-54-50-46-42-38-34-30-26-22-18-14-10-6-2)69-61-63-71-81(89-91-87-71)73(69)75-77(83)79(85)76-74-70(62-64-72-82(74)90-92-88-72)84(78(76)80(75)86,67-59-55-51-47-43-39-35-31-27-23-19-15-11-7-3)68-60-56-52-48-44-40-36-32-28-24-20-16-12-8-4;6*1-3-4-2;;/h61-62H,5-60,65-68H2,1-4H3;6*1,3-4H2,2H3;;. The number of fused-ring (bicyclic) bond motifs is 10. The van der Waals surface area contributed by atoms with Gasteiger partial charge in [-0.3, -0.25) is 0 Å². The summed E-state index contributed by atoms with van der Waals surface area (Å²) in [4.78, 5) is 0. The first-order chi connectivity index (χ1) is 58.1. The van der Waals surface area contributed by atoms with Gasteiger partial charge in [0, 0.05) is 0 Å². The molecular weight excluding hydrogens is 1690 g/mol. The van der Waals surface area contributed by atoms with Crippen molar-refractivity contribution in [1.82, 2.24) is 17.5 Å². The van der Waals surface area contributed by atoms with Crippen LogP contribution in [0.5, 0.6) is 0 Å². The van der Waals surface area contributed by atoms with E-state index < -0.39 is 47.6 Å². The van der Waals surface area contributed by atoms with Gasteiger partial charge in [0.25, 0.3) is 0 Å². The number of hydrogen-bond donors (Lipinski definition) is 0. The summed E-state index contributed by atoms with van der Waals surface area (Å²) >= 11 is -4.02. The molecule has 0 saturated carbocycles. The number of hydrogen-bond acceptors (Lipinski definition) is 6. The third-order valence-electron chi connectivity index (χ3n) is 30.0. The van der Waals surface area contributed by atoms with Crippen molar-refractivity contribution in [2.45, 2.75) is 569 Å². The van der Waals surface area contributed by atoms with Gasteiger partial charge in [-0.25, -0.2) is 0 Å². The molecule has 0 radical (unpaired) electrons. The van der Waals surface area contributed by atoms with Crippen molar-refractivity contribution >= 4 is 89.4 Å². The molecule has 0 N–H and O–H groups in total. The van der Waals surface area contributed by atoms with Gasteiger partial charge in [0.2, 0.25) is 0 Å². The number of aromatic nitrogens is 4. The molecule has 0 unspecified atom stereocenters. The average Bonchev–Trinajstić information content (AvgIpc) is 1.50. The number of halogens is 2. The molecule has 2 aliphatic carbocycles. The van der Waals surface area contributed by atoms with Crippen molar-refractivity contribution in [1.29, 1.82) is 0 Å². The zero-order chi connectivity index (χ0) is 84.0. The molecule has 0 atom stereocenters. The normalized spacial score (nSPS) is 13.7. The Kier molecular flexibility index (Phi) is 54.6. The minimum absolute atomic E-state index is 0.0845. The molecule has 3 aromatic carbocycles. The van der Waals surface area contributed by atoms with Crippen LogP contribution < -0.4 is 7.16 Å². The van der Waals surface area contributed by atoms with Gasteiger partial charge in [-0.15, -0.1) is 0 Å². The first-order valence-corrected chi connectivity index (χ1v) is 69.7. The molecule has 2 aromatic heterocycles. The maximum atomic E-state index is 21.5. The summed E-state index contributed by atoms with van der Waals surface area (Å²) in [7, 11) is 0. The van der Waals surface area contributed by atoms with Crippen LogP contribution in [0.4, 0.5) is 8.78 Å². The van der Waals surface area contributed by atoms with E-state index in [9.17, 15) is 0 Å². The van der Waals surface area contributed by atoms with Crippen LogP contribution in [0.1, 0.15) is 554 Å². The summed E-state index contributed by atoms with van der Waals surface area (Å²) in [6, 6.07) is 5.51. The SMILES string of the molecule is CCCCCCCCCCCCCCCCC1(CCCCCCCCCCCCCCCC)c2c[c]([Sn]([CH2]CCC)([CH2]CCC)[CH2]CCC)c3nsnc3c2-c2c(F)c3c(c(F)c21)-c1c(c[c]([Sn]([CH2]CCC)([CH2]CCC)[CH2]CCC)c2nsnc12)C3(CCCCCCCCCCCCCCCC)CCCCCCCCCCCCCCCC. The Morgan fingerprint density at radius 2 is 0.390 bits per heavy atom. The number of rotatable bonds is 80. The predicted molar refractivity (Wildman–Crippen MR) is 530 cm³/mol. The minimum atomic E-state index is -3.39. The Bertz CT molecular complexity index is 3060. The molecule has 0 fully saturated rings. The molecule has 118 heavy (non-hydrogen) atoms. The smallest absolute Gasteiger partial charge is 0.0654 e. The van der Waals surface area contributed by atoms with Gasteiger partial charge in [0.15, 0.2) is 0 Å². The second kappa shape index (κ2) is 62.0. The summed E-state index contributed by atoms with van der Waals surface area (Å²) in [5, 5.41) is 0. The van der Waals surface area contributed by atoms with Gasteiger partial charge in [-0.05, 0) is 0 Å². The minimum Gasteiger partial charge on any atom is -0.0654 e. The van der Waals surface area contributed by atoms with Gasteiger partial charge in [0.1, 0.15) is 0 Å². The average molecular weight is 1880 g/mol. The van der Waals surface area contributed by atoms with Gasteiger partial charge in [-0.1, -0.05) is 207 Å². The van der Waals surface area contributed by atoms with E-state index in [1.165, 1.54) is 446 Å². The van der Waals surface area contributed by atoms with E-state index in [-0.39, 0.29) is 11.6 Å². The molecule has 0 saturated heterocycles. The molecule has 674 valence electrons. The van der Waals surface area contributed by atoms with Crippen LogP contribution in [-0.2, 0) is 10.8 Å². The van der Waals surface area contributed by atoms with E-state index in [0.717, 1.165) is 121 Å². The Labute approximate surface area is 746 Å². The van der Waals surface area contributed by atoms with Crippen molar-refractivity contribution < 1.29 is 8.78 Å². The molecule has 0 bridgehead atoms. The van der Waals surface area contributed by atoms with Crippen LogP contribution in [0.2, 0.25) is 26.6 Å². The van der Waals surface area contributed by atoms with Crippen molar-refractivity contribution in [3.8, 4) is 22.3 Å². The van der Waals surface area contributed by atoms with Crippen LogP contribution in [-0.4, -0.2) is 54.2 Å². The molecule has 0 aliphatic heterocycles. The van der Waals surface area contributed by atoms with E-state index in [4.69, 9.17) is 17.5 Å². The summed E-state index contributed by atoms with van der Waals surface area (Å²) in [6.45, 7) is 23.8. The van der Waals surface area contributed by atoms with Crippen molar-refractivity contribution in [3.05, 3.63) is 46.0 Å². The van der Waals surface area contributed by atoms with Crippen LogP contribution in [0.3, 0.4) is 0 Å². The molecule has 10 heteroatoms. The van der Waals surface area contributed by atoms with Crippen molar-refractivity contribution in [2.75, 3.05) is 0 Å². The predicted octanol–water partition coefficient (Wildman–Crippen LogP) is 38.1. The van der Waals surface area contributed by atoms with Crippen LogP contribution >= 0.6 is 23.5 Å². The van der Waals surface area contributed by atoms with Crippen LogP contribution in [0, 0.1) is 11.6 Å². The van der Waals surface area contributed by atoms with Gasteiger partial charge in [-0.2, -0.15) is 0 Å². The second-order valence-corrected chi connectivity index (χ2v) is 66.8. The zero-order valence-electron chi connectivity index (χ0n) is 79.7. The van der Waals surface area contributed by atoms with E-state index in [0.29, 0.717) is 11.1 Å². The maximum absolute atomic E-state index is 21.5. The van der Waals surface area contributed by atoms with Gasteiger partial charge >= 0.3 is 545 Å². The molecule has 2 heterocycles. The van der Waals surface area contributed by atoms with Crippen molar-refractivity contribution in [2.24, 2.45) is 0 Å². The van der Waals surface area contributed by atoms with E-state index in [1.807, 2.05) is 0 Å². The van der Waals surface area contributed by atoms with E-state index >= 15 is 8.78 Å². The number of unbranched alkanes of at least 4 members (excludes halogenated alkanes) is 58. The summed E-state index contributed by atoms with van der Waals surface area (Å²) < 4.78 is 76.5. The van der Waals surface area contributed by atoms with Crippen LogP contribution in [0.25, 0.3) is 44.3 Å². The first-order valence-electron chi connectivity index (χ1n) is 53.3. The molecule has 2 aliphatic rings. The first kappa shape index (κ1) is 104. The third kappa shape index (κ3) is 31.6. The molecule has 5 aromatic rings. The Morgan fingerprint density at radius 3 is 0.576 bits per heavy atom. The Morgan fingerprint density at radius 1 is 0.220 bits per heavy atom. The summed E-state index contributed by atoms with van der Waals surface area (Å²) in [5.41, 5.74) is 9.81. The fourth-order valence-electron chi connectivity index (χ4n) is 22.7. The molecule has 7 rings (SSSR count). The quantitative estimate of drug-likeness (QED) is 0.0288. The molecular formula is C108H188F2N4S2Sn2. The third-order valence-corrected chi connectivity index (χ3v) is 62.2. The van der Waals surface area contributed by atoms with Crippen LogP contribution in [0.15, 0.2) is 12.1 Å². The Hall–Kier alpha value is -1.24. The summed E-state index contributed by atoms with van der Waals surface area (Å²) in [6.07, 6.45) is 91.3. The van der Waals surface area contributed by atoms with Gasteiger partial charge in [0.05, 0.1) is 0 Å². The van der Waals surface area contributed by atoms with Gasteiger partial charge < -0.3 is 0 Å². The Balaban J connectivity index is 1.45. The topological polar surface area (TPSA) is 51.6 Å². The van der Waals surface area contributed by atoms with E-state index in [1.54, 1.807) is 7.16 Å². The number of nitrogens with zero attached hydrogens (tertiary/aromatic N) is 4. The zero-order valence-corrected chi connectivity index (χ0v) is 87.0. The van der Waals surface area contributed by atoms with Crippen molar-refractivity contribution in [3.63, 3.8) is 0 Å². The monoisotopic (exact) mass is 1880 g/mol. The number of benzene rings is 3. The molecule has 0 amide bonds.